The van der Waals surface area contributed by atoms with Crippen molar-refractivity contribution >= 4 is 17.4 Å². The van der Waals surface area contributed by atoms with Crippen LogP contribution < -0.4 is 16.6 Å². The lowest BCUT2D eigenvalue weighted by atomic mass is 10.1. The number of nitrogen functional groups attached to an aromatic ring is 1. The number of pyridine rings is 1. The van der Waals surface area contributed by atoms with Gasteiger partial charge >= 0.3 is 0 Å². The Morgan fingerprint density at radius 3 is 2.70 bits per heavy atom. The van der Waals surface area contributed by atoms with Crippen molar-refractivity contribution in [3.05, 3.63) is 53.7 Å². The summed E-state index contributed by atoms with van der Waals surface area (Å²) in [7, 11) is 0. The molecule has 4 N–H and O–H groups in total. The maximum Gasteiger partial charge on any atom is 0.255 e. The minimum atomic E-state index is -0.253. The van der Waals surface area contributed by atoms with Crippen LogP contribution in [0.3, 0.4) is 0 Å². The first-order valence-electron chi connectivity index (χ1n) is 5.93. The van der Waals surface area contributed by atoms with E-state index in [1.807, 2.05) is 0 Å². The summed E-state index contributed by atoms with van der Waals surface area (Å²) < 4.78 is 0. The van der Waals surface area contributed by atoms with E-state index in [1.165, 1.54) is 6.20 Å². The van der Waals surface area contributed by atoms with Crippen LogP contribution in [0.4, 0.5) is 11.5 Å². The molecule has 0 aliphatic rings. The van der Waals surface area contributed by atoms with Crippen LogP contribution in [0.15, 0.2) is 42.6 Å². The lowest BCUT2D eigenvalue weighted by molar-refractivity contribution is 0.102. The number of nitriles is 1. The van der Waals surface area contributed by atoms with Crippen LogP contribution in [0.1, 0.15) is 15.9 Å². The molecule has 0 radical (unpaired) electrons. The van der Waals surface area contributed by atoms with Gasteiger partial charge in [0.1, 0.15) is 5.82 Å². The van der Waals surface area contributed by atoms with E-state index in [-0.39, 0.29) is 5.91 Å². The van der Waals surface area contributed by atoms with E-state index < -0.39 is 0 Å². The van der Waals surface area contributed by atoms with Crippen molar-refractivity contribution < 1.29 is 4.79 Å². The van der Waals surface area contributed by atoms with Gasteiger partial charge in [0.05, 0.1) is 12.5 Å². The average molecular weight is 267 g/mol. The maximum atomic E-state index is 12.0. The first kappa shape index (κ1) is 13.5. The zero-order valence-electron chi connectivity index (χ0n) is 10.6. The van der Waals surface area contributed by atoms with Crippen LogP contribution in [-0.2, 0) is 6.42 Å². The molecular weight excluding hydrogens is 254 g/mol. The number of hydrazine groups is 1. The molecule has 2 aromatic rings. The second-order valence-corrected chi connectivity index (χ2v) is 4.06. The molecule has 20 heavy (non-hydrogen) atoms. The number of aromatic nitrogens is 1. The fraction of sp³-hybridized carbons (Fsp3) is 0.0714. The lowest BCUT2D eigenvalue weighted by Crippen LogP contribution is -2.14. The van der Waals surface area contributed by atoms with Crippen molar-refractivity contribution in [2.24, 2.45) is 5.84 Å². The molecule has 1 aromatic heterocycles. The van der Waals surface area contributed by atoms with Gasteiger partial charge in [0.2, 0.25) is 0 Å². The Morgan fingerprint density at radius 1 is 1.30 bits per heavy atom. The van der Waals surface area contributed by atoms with Crippen LogP contribution in [0.2, 0.25) is 0 Å². The number of hydrogen-bond acceptors (Lipinski definition) is 5. The Labute approximate surface area is 116 Å². The van der Waals surface area contributed by atoms with Gasteiger partial charge in [-0.1, -0.05) is 12.1 Å². The monoisotopic (exact) mass is 267 g/mol. The number of carbonyl (C=O) groups excluding carboxylic acids is 1. The normalized spacial score (nSPS) is 9.60. The van der Waals surface area contributed by atoms with Crippen molar-refractivity contribution in [3.63, 3.8) is 0 Å². The summed E-state index contributed by atoms with van der Waals surface area (Å²) >= 11 is 0. The molecule has 0 aliphatic heterocycles. The molecule has 1 amide bonds. The average Bonchev–Trinajstić information content (AvgIpc) is 2.49. The van der Waals surface area contributed by atoms with Gasteiger partial charge < -0.3 is 10.7 Å². The minimum absolute atomic E-state index is 0.253. The van der Waals surface area contributed by atoms with Crippen LogP contribution >= 0.6 is 0 Å². The van der Waals surface area contributed by atoms with Gasteiger partial charge in [0.25, 0.3) is 5.91 Å². The summed E-state index contributed by atoms with van der Waals surface area (Å²) in [5.41, 5.74) is 4.41. The van der Waals surface area contributed by atoms with E-state index in [1.54, 1.807) is 36.4 Å². The largest absolute Gasteiger partial charge is 0.322 e. The number of nitrogens with zero attached hydrogens (tertiary/aromatic N) is 2. The summed E-state index contributed by atoms with van der Waals surface area (Å²) in [6, 6.07) is 12.3. The third-order valence-electron chi connectivity index (χ3n) is 2.66. The molecule has 0 atom stereocenters. The van der Waals surface area contributed by atoms with Gasteiger partial charge in [-0.3, -0.25) is 4.79 Å². The molecule has 0 saturated carbocycles. The van der Waals surface area contributed by atoms with Crippen molar-refractivity contribution in [1.82, 2.24) is 4.98 Å². The second-order valence-electron chi connectivity index (χ2n) is 4.06. The van der Waals surface area contributed by atoms with E-state index >= 15 is 0 Å². The molecule has 0 fully saturated rings. The topological polar surface area (TPSA) is 104 Å². The smallest absolute Gasteiger partial charge is 0.255 e. The van der Waals surface area contributed by atoms with Crippen molar-refractivity contribution in [2.75, 3.05) is 10.7 Å². The third-order valence-corrected chi connectivity index (χ3v) is 2.66. The minimum Gasteiger partial charge on any atom is -0.322 e. The van der Waals surface area contributed by atoms with Gasteiger partial charge in [-0.05, 0) is 29.8 Å². The summed E-state index contributed by atoms with van der Waals surface area (Å²) in [4.78, 5) is 16.0. The summed E-state index contributed by atoms with van der Waals surface area (Å²) in [5.74, 6) is 5.41. The molecule has 0 aliphatic carbocycles. The molecule has 2 rings (SSSR count). The number of rotatable bonds is 4. The Bertz CT molecular complexity index is 645. The van der Waals surface area contributed by atoms with Gasteiger partial charge in [-0.15, -0.1) is 0 Å². The number of nitrogens with one attached hydrogen (secondary N) is 2. The highest BCUT2D eigenvalue weighted by Gasteiger charge is 2.07. The molecule has 0 bridgehead atoms. The van der Waals surface area contributed by atoms with Gasteiger partial charge in [0.15, 0.2) is 0 Å². The van der Waals surface area contributed by atoms with E-state index in [0.29, 0.717) is 23.5 Å². The number of hydrogen-bond donors (Lipinski definition) is 3. The van der Waals surface area contributed by atoms with E-state index in [4.69, 9.17) is 11.1 Å². The van der Waals surface area contributed by atoms with Crippen LogP contribution in [0, 0.1) is 11.3 Å². The number of amides is 1. The predicted molar refractivity (Wildman–Crippen MR) is 75.8 cm³/mol. The SMILES string of the molecule is N#CCc1ccc(NC(=O)c2ccnc(NN)c2)cc1. The zero-order chi connectivity index (χ0) is 14.4. The lowest BCUT2D eigenvalue weighted by Gasteiger charge is -2.06. The summed E-state index contributed by atoms with van der Waals surface area (Å²) in [6.07, 6.45) is 1.85. The number of nitrogens with two attached hydrogens (primary N) is 1. The first-order valence-corrected chi connectivity index (χ1v) is 5.93. The Hall–Kier alpha value is -2.91. The molecule has 100 valence electrons. The first-order chi connectivity index (χ1) is 9.72. The molecule has 6 heteroatoms. The van der Waals surface area contributed by atoms with Crippen molar-refractivity contribution in [2.45, 2.75) is 6.42 Å². The van der Waals surface area contributed by atoms with Crippen LogP contribution in [-0.4, -0.2) is 10.9 Å². The van der Waals surface area contributed by atoms with Gasteiger partial charge in [-0.25, -0.2) is 10.8 Å². The van der Waals surface area contributed by atoms with Crippen LogP contribution in [0.5, 0.6) is 0 Å². The molecule has 6 nitrogen and oxygen atoms in total. The summed E-state index contributed by atoms with van der Waals surface area (Å²) in [5, 5.41) is 11.4. The quantitative estimate of drug-likeness (QED) is 0.577. The van der Waals surface area contributed by atoms with E-state index in [9.17, 15) is 4.79 Å². The zero-order valence-corrected chi connectivity index (χ0v) is 10.6. The Balaban J connectivity index is 2.09. The van der Waals surface area contributed by atoms with Gasteiger partial charge in [-0.2, -0.15) is 5.26 Å². The third kappa shape index (κ3) is 3.31. The molecular formula is C14H13N5O. The highest BCUT2D eigenvalue weighted by molar-refractivity contribution is 6.04. The predicted octanol–water partition coefficient (Wildman–Crippen LogP) is 1.69. The second kappa shape index (κ2) is 6.31. The summed E-state index contributed by atoms with van der Waals surface area (Å²) in [6.45, 7) is 0. The molecule has 0 unspecified atom stereocenters. The van der Waals surface area contributed by atoms with Crippen molar-refractivity contribution in [3.8, 4) is 6.07 Å². The number of benzene rings is 1. The molecule has 1 aromatic carbocycles. The molecule has 0 saturated heterocycles. The highest BCUT2D eigenvalue weighted by Crippen LogP contribution is 2.12. The van der Waals surface area contributed by atoms with Crippen molar-refractivity contribution in [1.29, 1.82) is 5.26 Å². The molecule has 0 spiro atoms. The Morgan fingerprint density at radius 2 is 2.05 bits per heavy atom. The van der Waals surface area contributed by atoms with E-state index in [2.05, 4.69) is 21.8 Å². The van der Waals surface area contributed by atoms with E-state index in [0.717, 1.165) is 5.56 Å². The van der Waals surface area contributed by atoms with Crippen LogP contribution in [0.25, 0.3) is 0 Å². The van der Waals surface area contributed by atoms with Gasteiger partial charge in [0, 0.05) is 17.4 Å². The Kier molecular flexibility index (Phi) is 4.27. The standard InChI is InChI=1S/C14H13N5O/c15-7-5-10-1-3-12(4-2-10)18-14(20)11-6-8-17-13(9-11)19-16/h1-4,6,8-9H,5,16H2,(H,17,19)(H,18,20). The fourth-order valence-corrected chi connectivity index (χ4v) is 1.65. The maximum absolute atomic E-state index is 12.0. The highest BCUT2D eigenvalue weighted by atomic mass is 16.1. The number of anilines is 2. The fourth-order valence-electron chi connectivity index (χ4n) is 1.65. The number of carbonyl (C=O) groups is 1. The molecule has 1 heterocycles.